The average Bonchev–Trinajstić information content (AvgIpc) is 2.24. The molecule has 0 atom stereocenters. The molecule has 0 amide bonds. The van der Waals surface area contributed by atoms with Crippen molar-refractivity contribution in [2.24, 2.45) is 0 Å². The van der Waals surface area contributed by atoms with Crippen molar-refractivity contribution in [2.75, 3.05) is 13.1 Å². The molecule has 0 aliphatic heterocycles. The Bertz CT molecular complexity index is 397. The van der Waals surface area contributed by atoms with E-state index >= 15 is 0 Å². The van der Waals surface area contributed by atoms with Crippen LogP contribution in [0.2, 0.25) is 0 Å². The van der Waals surface area contributed by atoms with Gasteiger partial charge in [0.25, 0.3) is 0 Å². The fourth-order valence-corrected chi connectivity index (χ4v) is 1.70. The van der Waals surface area contributed by atoms with E-state index in [2.05, 4.69) is 13.2 Å². The predicted molar refractivity (Wildman–Crippen MR) is 60.2 cm³/mol. The first kappa shape index (κ1) is 15.3. The molecule has 0 saturated heterocycles. The third-order valence-electron chi connectivity index (χ3n) is 1.48. The van der Waals surface area contributed by atoms with E-state index in [0.29, 0.717) is 10.8 Å². The summed E-state index contributed by atoms with van der Waals surface area (Å²) in [5, 5.41) is 10.6. The molecule has 0 aliphatic rings. The summed E-state index contributed by atoms with van der Waals surface area (Å²) in [4.78, 5) is 0. The van der Waals surface area contributed by atoms with Gasteiger partial charge in [-0.2, -0.15) is 0 Å². The third kappa shape index (κ3) is 6.69. The van der Waals surface area contributed by atoms with Crippen LogP contribution >= 0.6 is 0 Å². The van der Waals surface area contributed by atoms with E-state index in [4.69, 9.17) is 0 Å². The first-order valence-corrected chi connectivity index (χ1v) is 7.24. The van der Waals surface area contributed by atoms with Crippen LogP contribution in [0.4, 0.5) is 0 Å². The van der Waals surface area contributed by atoms with E-state index in [0.717, 1.165) is 0 Å². The van der Waals surface area contributed by atoms with E-state index in [-0.39, 0.29) is 13.1 Å². The maximum absolute atomic E-state index is 10.9. The summed E-state index contributed by atoms with van der Waals surface area (Å²) in [6, 6.07) is 0. The van der Waals surface area contributed by atoms with Crippen LogP contribution < -0.4 is 9.44 Å². The highest BCUT2D eigenvalue weighted by Crippen LogP contribution is 1.88. The normalized spacial score (nSPS) is 12.6. The van der Waals surface area contributed by atoms with E-state index in [1.54, 1.807) is 0 Å². The van der Waals surface area contributed by atoms with Crippen molar-refractivity contribution in [1.29, 1.82) is 0 Å². The number of hydrogen-bond donors (Lipinski definition) is 3. The molecule has 0 aromatic carbocycles. The molecule has 0 heterocycles. The van der Waals surface area contributed by atoms with Crippen LogP contribution in [0.25, 0.3) is 0 Å². The monoisotopic (exact) mass is 270 g/mol. The maximum Gasteiger partial charge on any atom is 0.233 e. The Hall–Kier alpha value is -0.740. The lowest BCUT2D eigenvalue weighted by atomic mass is 10.4. The molecule has 0 aromatic rings. The number of hydrogen-bond acceptors (Lipinski definition) is 5. The van der Waals surface area contributed by atoms with Gasteiger partial charge in [-0.15, -0.1) is 0 Å². The average molecular weight is 270 g/mol. The lowest BCUT2D eigenvalue weighted by molar-refractivity contribution is 0.182. The van der Waals surface area contributed by atoms with Crippen molar-refractivity contribution in [3.8, 4) is 0 Å². The van der Waals surface area contributed by atoms with Gasteiger partial charge < -0.3 is 5.11 Å². The van der Waals surface area contributed by atoms with Gasteiger partial charge in [-0.3, -0.25) is 0 Å². The molecule has 3 N–H and O–H groups in total. The van der Waals surface area contributed by atoms with E-state index < -0.39 is 26.2 Å². The lowest BCUT2D eigenvalue weighted by Gasteiger charge is -2.10. The number of rotatable bonds is 8. The second kappa shape index (κ2) is 6.11. The second-order valence-electron chi connectivity index (χ2n) is 2.77. The Kier molecular flexibility index (Phi) is 5.83. The smallest absolute Gasteiger partial charge is 0.233 e. The van der Waals surface area contributed by atoms with Gasteiger partial charge in [0.15, 0.2) is 0 Å². The molecule has 0 aromatic heterocycles. The van der Waals surface area contributed by atoms with Crippen molar-refractivity contribution >= 4 is 20.0 Å². The van der Waals surface area contributed by atoms with Crippen LogP contribution in [-0.4, -0.2) is 41.1 Å². The van der Waals surface area contributed by atoms with E-state index in [1.165, 1.54) is 0 Å². The minimum absolute atomic E-state index is 0.311. The van der Waals surface area contributed by atoms with Gasteiger partial charge in [0, 0.05) is 23.9 Å². The largest absolute Gasteiger partial charge is 0.390 e. The van der Waals surface area contributed by atoms with Crippen molar-refractivity contribution < 1.29 is 21.9 Å². The Balaban J connectivity index is 4.07. The minimum Gasteiger partial charge on any atom is -0.390 e. The Morgan fingerprint density at radius 3 is 1.56 bits per heavy atom. The van der Waals surface area contributed by atoms with E-state index in [9.17, 15) is 21.9 Å². The summed E-state index contributed by atoms with van der Waals surface area (Å²) in [7, 11) is -7.23. The SMILES string of the molecule is C=CS(=O)(=O)NCC(O)CNS(=O)(=O)C=C. The number of aliphatic hydroxyl groups excluding tert-OH is 1. The highest BCUT2D eigenvalue weighted by molar-refractivity contribution is 7.92. The van der Waals surface area contributed by atoms with Crippen molar-refractivity contribution in [3.63, 3.8) is 0 Å². The van der Waals surface area contributed by atoms with Crippen molar-refractivity contribution in [3.05, 3.63) is 24.0 Å². The molecule has 0 unspecified atom stereocenters. The van der Waals surface area contributed by atoms with Crippen LogP contribution in [0.5, 0.6) is 0 Å². The zero-order valence-corrected chi connectivity index (χ0v) is 10.1. The summed E-state index contributed by atoms with van der Waals surface area (Å²) in [6.45, 7) is 5.48. The van der Waals surface area contributed by atoms with Crippen LogP contribution in [0.15, 0.2) is 24.0 Å². The summed E-state index contributed by atoms with van der Waals surface area (Å²) < 4.78 is 47.5. The number of sulfonamides is 2. The van der Waals surface area contributed by atoms with Gasteiger partial charge in [0.2, 0.25) is 20.0 Å². The highest BCUT2D eigenvalue weighted by Gasteiger charge is 2.11. The maximum atomic E-state index is 10.9. The van der Waals surface area contributed by atoms with Crippen LogP contribution in [0, 0.1) is 0 Å². The molecule has 0 spiro atoms. The fraction of sp³-hybridized carbons (Fsp3) is 0.429. The first-order valence-electron chi connectivity index (χ1n) is 4.14. The zero-order valence-electron chi connectivity index (χ0n) is 8.46. The molecule has 16 heavy (non-hydrogen) atoms. The summed E-state index contributed by atoms with van der Waals surface area (Å²) in [5.74, 6) is 0. The number of nitrogens with one attached hydrogen (secondary N) is 2. The first-order chi connectivity index (χ1) is 7.22. The van der Waals surface area contributed by atoms with Gasteiger partial charge >= 0.3 is 0 Å². The molecule has 0 radical (unpaired) electrons. The lowest BCUT2D eigenvalue weighted by Crippen LogP contribution is -2.38. The molecule has 0 aliphatic carbocycles. The summed E-state index contributed by atoms with van der Waals surface area (Å²) in [6.07, 6.45) is -1.18. The Morgan fingerprint density at radius 1 is 1.00 bits per heavy atom. The molecular formula is C7H14N2O5S2. The Labute approximate surface area is 95.0 Å². The molecular weight excluding hydrogens is 256 g/mol. The molecule has 94 valence electrons. The predicted octanol–water partition coefficient (Wildman–Crippen LogP) is -1.53. The molecule has 7 nitrogen and oxygen atoms in total. The van der Waals surface area contributed by atoms with Gasteiger partial charge in [-0.05, 0) is 0 Å². The van der Waals surface area contributed by atoms with E-state index in [1.807, 2.05) is 9.44 Å². The Morgan fingerprint density at radius 2 is 1.31 bits per heavy atom. The third-order valence-corrected chi connectivity index (χ3v) is 3.49. The number of aliphatic hydroxyl groups is 1. The van der Waals surface area contributed by atoms with Crippen molar-refractivity contribution in [1.82, 2.24) is 9.44 Å². The van der Waals surface area contributed by atoms with Crippen LogP contribution in [0.1, 0.15) is 0 Å². The summed E-state index contributed by atoms with van der Waals surface area (Å²) >= 11 is 0. The quantitative estimate of drug-likeness (QED) is 0.495. The standard InChI is InChI=1S/C7H14N2O5S2/c1-3-15(11,12)8-5-7(10)6-9-16(13,14)4-2/h3-4,7-10H,1-2,5-6H2. The van der Waals surface area contributed by atoms with Crippen molar-refractivity contribution in [2.45, 2.75) is 6.10 Å². The van der Waals surface area contributed by atoms with Gasteiger partial charge in [-0.1, -0.05) is 13.2 Å². The molecule has 0 bridgehead atoms. The highest BCUT2D eigenvalue weighted by atomic mass is 32.2. The van der Waals surface area contributed by atoms with Gasteiger partial charge in [0.1, 0.15) is 0 Å². The topological polar surface area (TPSA) is 113 Å². The fourth-order valence-electron chi connectivity index (χ4n) is 0.615. The van der Waals surface area contributed by atoms with Gasteiger partial charge in [0.05, 0.1) is 6.10 Å². The minimum atomic E-state index is -3.62. The van der Waals surface area contributed by atoms with Crippen LogP contribution in [0.3, 0.4) is 0 Å². The second-order valence-corrected chi connectivity index (χ2v) is 6.20. The van der Waals surface area contributed by atoms with Gasteiger partial charge in [-0.25, -0.2) is 26.3 Å². The molecule has 0 saturated carbocycles. The molecule has 9 heteroatoms. The molecule has 0 fully saturated rings. The van der Waals surface area contributed by atoms with Crippen LogP contribution in [-0.2, 0) is 20.0 Å². The zero-order chi connectivity index (χ0) is 12.8. The summed E-state index contributed by atoms with van der Waals surface area (Å²) in [5.41, 5.74) is 0. The molecule has 0 rings (SSSR count).